The lowest BCUT2D eigenvalue weighted by Crippen LogP contribution is -2.29. The van der Waals surface area contributed by atoms with Gasteiger partial charge >= 0.3 is 0 Å². The van der Waals surface area contributed by atoms with E-state index in [1.165, 1.54) is 5.56 Å². The molecule has 1 rings (SSSR count). The largest absolute Gasteiger partial charge is 0.311 e. The van der Waals surface area contributed by atoms with Gasteiger partial charge in [0.05, 0.1) is 0 Å². The molecule has 0 radical (unpaired) electrons. The Labute approximate surface area is 110 Å². The molecule has 2 heteroatoms. The summed E-state index contributed by atoms with van der Waals surface area (Å²) in [4.78, 5) is 13.9. The van der Waals surface area contributed by atoms with E-state index >= 15 is 0 Å². The fourth-order valence-corrected chi connectivity index (χ4v) is 1.90. The van der Waals surface area contributed by atoms with Crippen LogP contribution in [0.5, 0.6) is 0 Å². The molecule has 0 saturated heterocycles. The first-order chi connectivity index (χ1) is 8.29. The van der Waals surface area contributed by atoms with Crippen LogP contribution in [0.15, 0.2) is 35.9 Å². The van der Waals surface area contributed by atoms with Crippen LogP contribution in [0.1, 0.15) is 40.2 Å². The van der Waals surface area contributed by atoms with Gasteiger partial charge in [-0.05, 0) is 30.9 Å². The van der Waals surface area contributed by atoms with E-state index in [0.29, 0.717) is 0 Å². The third kappa shape index (κ3) is 3.00. The summed E-state index contributed by atoms with van der Waals surface area (Å²) in [5, 5.41) is 0. The van der Waals surface area contributed by atoms with Crippen molar-refractivity contribution in [3.63, 3.8) is 0 Å². The lowest BCUT2D eigenvalue weighted by Gasteiger charge is -2.27. The minimum Gasteiger partial charge on any atom is -0.311 e. The molecule has 0 aromatic heterocycles. The molecule has 1 amide bonds. The van der Waals surface area contributed by atoms with Crippen molar-refractivity contribution >= 4 is 11.6 Å². The first-order valence-electron chi connectivity index (χ1n) is 6.29. The maximum atomic E-state index is 12.2. The Kier molecular flexibility index (Phi) is 4.33. The van der Waals surface area contributed by atoms with E-state index in [1.807, 2.05) is 45.2 Å². The number of amides is 1. The monoisotopic (exact) mass is 245 g/mol. The molecule has 0 fully saturated rings. The van der Waals surface area contributed by atoms with Gasteiger partial charge in [0.1, 0.15) is 0 Å². The summed E-state index contributed by atoms with van der Waals surface area (Å²) in [6.45, 7) is 10.2. The van der Waals surface area contributed by atoms with Gasteiger partial charge in [-0.3, -0.25) is 4.79 Å². The molecule has 98 valence electrons. The second-order valence-corrected chi connectivity index (χ2v) is 5.60. The molecule has 2 nitrogen and oxygen atoms in total. The van der Waals surface area contributed by atoms with Crippen molar-refractivity contribution in [2.45, 2.75) is 40.0 Å². The molecular weight excluding hydrogens is 222 g/mol. The van der Waals surface area contributed by atoms with Gasteiger partial charge in [-0.25, -0.2) is 0 Å². The number of anilines is 1. The lowest BCUT2D eigenvalue weighted by atomic mass is 9.85. The molecule has 0 N–H and O–H groups in total. The van der Waals surface area contributed by atoms with Crippen LogP contribution in [0.3, 0.4) is 0 Å². The van der Waals surface area contributed by atoms with Crippen LogP contribution in [0.4, 0.5) is 5.69 Å². The number of hydrogen-bond acceptors (Lipinski definition) is 1. The summed E-state index contributed by atoms with van der Waals surface area (Å²) in [6.07, 6.45) is 1.85. The second-order valence-electron chi connectivity index (χ2n) is 5.60. The zero-order chi connectivity index (χ0) is 13.9. The summed E-state index contributed by atoms with van der Waals surface area (Å²) in [7, 11) is 1.83. The van der Waals surface area contributed by atoms with Crippen LogP contribution < -0.4 is 4.90 Å². The Morgan fingerprint density at radius 1 is 1.22 bits per heavy atom. The number of carbonyl (C=O) groups is 1. The van der Waals surface area contributed by atoms with Crippen LogP contribution in [0, 0.1) is 0 Å². The highest BCUT2D eigenvalue weighted by molar-refractivity contribution is 6.05. The van der Waals surface area contributed by atoms with E-state index in [9.17, 15) is 4.79 Å². The van der Waals surface area contributed by atoms with E-state index in [0.717, 1.165) is 11.3 Å². The lowest BCUT2D eigenvalue weighted by molar-refractivity contribution is -0.114. The zero-order valence-corrected chi connectivity index (χ0v) is 12.2. The molecule has 18 heavy (non-hydrogen) atoms. The van der Waals surface area contributed by atoms with Gasteiger partial charge in [0.15, 0.2) is 0 Å². The molecule has 0 bridgehead atoms. The molecule has 0 aliphatic carbocycles. The summed E-state index contributed by atoms with van der Waals surface area (Å²) >= 11 is 0. The van der Waals surface area contributed by atoms with Gasteiger partial charge < -0.3 is 4.90 Å². The van der Waals surface area contributed by atoms with E-state index in [1.54, 1.807) is 4.90 Å². The Hall–Kier alpha value is -1.57. The SMILES string of the molecule is C/C=C(\C)C(=O)N(C)c1ccccc1C(C)(C)C. The molecule has 0 aliphatic heterocycles. The van der Waals surface area contributed by atoms with Crippen LogP contribution in [-0.2, 0) is 10.2 Å². The Bertz CT molecular complexity index is 466. The molecular formula is C16H23NO. The normalized spacial score (nSPS) is 12.4. The summed E-state index contributed by atoms with van der Waals surface area (Å²) in [5.41, 5.74) is 2.96. The molecule has 0 saturated carbocycles. The molecule has 0 spiro atoms. The molecule has 1 aromatic carbocycles. The first kappa shape index (κ1) is 14.5. The first-order valence-corrected chi connectivity index (χ1v) is 6.29. The van der Waals surface area contributed by atoms with Gasteiger partial charge in [0.25, 0.3) is 5.91 Å². The van der Waals surface area contributed by atoms with Gasteiger partial charge in [0, 0.05) is 18.3 Å². The van der Waals surface area contributed by atoms with Crippen molar-refractivity contribution in [3.8, 4) is 0 Å². The van der Waals surface area contributed by atoms with Gasteiger partial charge in [-0.2, -0.15) is 0 Å². The van der Waals surface area contributed by atoms with Crippen molar-refractivity contribution in [3.05, 3.63) is 41.5 Å². The molecule has 0 unspecified atom stereocenters. The van der Waals surface area contributed by atoms with Crippen LogP contribution >= 0.6 is 0 Å². The maximum absolute atomic E-state index is 12.2. The predicted molar refractivity (Wildman–Crippen MR) is 78.0 cm³/mol. The number of rotatable bonds is 2. The van der Waals surface area contributed by atoms with E-state index in [2.05, 4.69) is 26.8 Å². The number of allylic oxidation sites excluding steroid dienone is 1. The van der Waals surface area contributed by atoms with Crippen molar-refractivity contribution in [2.24, 2.45) is 0 Å². The fourth-order valence-electron chi connectivity index (χ4n) is 1.90. The van der Waals surface area contributed by atoms with Crippen molar-refractivity contribution in [2.75, 3.05) is 11.9 Å². The fraction of sp³-hybridized carbons (Fsp3) is 0.438. The van der Waals surface area contributed by atoms with Crippen LogP contribution in [0.25, 0.3) is 0 Å². The highest BCUT2D eigenvalue weighted by atomic mass is 16.2. The standard InChI is InChI=1S/C16H23NO/c1-7-12(2)15(18)17(6)14-11-9-8-10-13(14)16(3,4)5/h7-11H,1-6H3/b12-7+. The molecule has 0 aliphatic rings. The number of para-hydroxylation sites is 1. The van der Waals surface area contributed by atoms with E-state index in [4.69, 9.17) is 0 Å². The molecule has 0 heterocycles. The summed E-state index contributed by atoms with van der Waals surface area (Å²) in [5.74, 6) is 0.0502. The van der Waals surface area contributed by atoms with Gasteiger partial charge in [-0.15, -0.1) is 0 Å². The minimum atomic E-state index is 0.0228. The highest BCUT2D eigenvalue weighted by Crippen LogP contribution is 2.31. The molecule has 0 atom stereocenters. The third-order valence-corrected chi connectivity index (χ3v) is 3.15. The Morgan fingerprint density at radius 2 is 1.78 bits per heavy atom. The molecule has 1 aromatic rings. The number of likely N-dealkylation sites (N-methyl/N-ethyl adjacent to an activating group) is 1. The topological polar surface area (TPSA) is 20.3 Å². The van der Waals surface area contributed by atoms with Gasteiger partial charge in [0.2, 0.25) is 0 Å². The zero-order valence-electron chi connectivity index (χ0n) is 12.2. The quantitative estimate of drug-likeness (QED) is 0.723. The van der Waals surface area contributed by atoms with Crippen LogP contribution in [0.2, 0.25) is 0 Å². The minimum absolute atomic E-state index is 0.0228. The third-order valence-electron chi connectivity index (χ3n) is 3.15. The average molecular weight is 245 g/mol. The van der Waals surface area contributed by atoms with Crippen molar-refractivity contribution in [1.82, 2.24) is 0 Å². The number of carbonyl (C=O) groups excluding carboxylic acids is 1. The number of nitrogens with zero attached hydrogens (tertiary/aromatic N) is 1. The van der Waals surface area contributed by atoms with Crippen molar-refractivity contribution in [1.29, 1.82) is 0 Å². The summed E-state index contributed by atoms with van der Waals surface area (Å²) < 4.78 is 0. The Balaban J connectivity index is 3.22. The second kappa shape index (κ2) is 5.38. The predicted octanol–water partition coefficient (Wildman–Crippen LogP) is 3.91. The maximum Gasteiger partial charge on any atom is 0.253 e. The smallest absolute Gasteiger partial charge is 0.253 e. The summed E-state index contributed by atoms with van der Waals surface area (Å²) in [6, 6.07) is 8.08. The number of hydrogen-bond donors (Lipinski definition) is 0. The van der Waals surface area contributed by atoms with Crippen LogP contribution in [-0.4, -0.2) is 13.0 Å². The van der Waals surface area contributed by atoms with Crippen molar-refractivity contribution < 1.29 is 4.79 Å². The highest BCUT2D eigenvalue weighted by Gasteiger charge is 2.22. The average Bonchev–Trinajstić information content (AvgIpc) is 2.35. The van der Waals surface area contributed by atoms with E-state index in [-0.39, 0.29) is 11.3 Å². The Morgan fingerprint density at radius 3 is 2.28 bits per heavy atom. The van der Waals surface area contributed by atoms with E-state index < -0.39 is 0 Å². The number of benzene rings is 1. The van der Waals surface area contributed by atoms with Gasteiger partial charge in [-0.1, -0.05) is 45.0 Å².